The van der Waals surface area contributed by atoms with Gasteiger partial charge in [0.05, 0.1) is 5.75 Å². The van der Waals surface area contributed by atoms with E-state index in [0.29, 0.717) is 40.2 Å². The van der Waals surface area contributed by atoms with E-state index in [-0.39, 0.29) is 17.6 Å². The Labute approximate surface area is 188 Å². The molecule has 3 aromatic rings. The second-order valence-electron chi connectivity index (χ2n) is 6.77. The number of anilines is 1. The highest BCUT2D eigenvalue weighted by atomic mass is 35.5. The van der Waals surface area contributed by atoms with Crippen LogP contribution >= 0.6 is 23.4 Å². The first-order valence-electron chi connectivity index (χ1n) is 9.44. The summed E-state index contributed by atoms with van der Waals surface area (Å²) in [5.74, 6) is -0.0824. The van der Waals surface area contributed by atoms with E-state index in [4.69, 9.17) is 11.6 Å². The first kappa shape index (κ1) is 22.8. The smallest absolute Gasteiger partial charge is 0.251 e. The Morgan fingerprint density at radius 3 is 2.65 bits per heavy atom. The maximum atomic E-state index is 13.4. The number of amides is 2. The monoisotopic (exact) mass is 461 g/mol. The van der Waals surface area contributed by atoms with Crippen LogP contribution in [0.15, 0.2) is 47.6 Å². The van der Waals surface area contributed by atoms with E-state index in [2.05, 4.69) is 20.8 Å². The zero-order valence-corrected chi connectivity index (χ0v) is 18.6. The van der Waals surface area contributed by atoms with E-state index in [1.165, 1.54) is 23.9 Å². The summed E-state index contributed by atoms with van der Waals surface area (Å²) in [7, 11) is 1.80. The molecule has 3 rings (SSSR count). The Morgan fingerprint density at radius 2 is 1.90 bits per heavy atom. The van der Waals surface area contributed by atoms with Crippen molar-refractivity contribution in [3.05, 3.63) is 70.3 Å². The van der Waals surface area contributed by atoms with Crippen LogP contribution in [0, 0.1) is 12.7 Å². The van der Waals surface area contributed by atoms with E-state index in [1.807, 2.05) is 0 Å². The maximum absolute atomic E-state index is 13.4. The molecule has 31 heavy (non-hydrogen) atoms. The zero-order chi connectivity index (χ0) is 22.4. The van der Waals surface area contributed by atoms with Crippen LogP contribution in [-0.4, -0.2) is 38.9 Å². The molecule has 0 spiro atoms. The average Bonchev–Trinajstić information content (AvgIpc) is 3.09. The molecule has 0 saturated heterocycles. The van der Waals surface area contributed by atoms with Gasteiger partial charge in [0, 0.05) is 36.3 Å². The first-order valence-corrected chi connectivity index (χ1v) is 10.8. The van der Waals surface area contributed by atoms with Gasteiger partial charge in [-0.1, -0.05) is 29.4 Å². The first-order chi connectivity index (χ1) is 14.8. The standard InChI is InChI=1S/C21H21ClFN5O2S/c1-13-3-8-16(23)11-17(13)25-19(29)12-31-21-27-26-18(28(21)2)9-10-24-20(30)14-4-6-15(22)7-5-14/h3-8,11H,9-10,12H2,1-2H3,(H,24,30)(H,25,29). The van der Waals surface area contributed by atoms with E-state index < -0.39 is 5.82 Å². The molecule has 1 aromatic heterocycles. The van der Waals surface area contributed by atoms with Crippen molar-refractivity contribution in [2.24, 2.45) is 7.05 Å². The normalized spacial score (nSPS) is 10.7. The molecule has 0 unspecified atom stereocenters. The molecule has 2 aromatic carbocycles. The quantitative estimate of drug-likeness (QED) is 0.500. The van der Waals surface area contributed by atoms with Crippen molar-refractivity contribution in [3.8, 4) is 0 Å². The average molecular weight is 462 g/mol. The molecular weight excluding hydrogens is 441 g/mol. The highest BCUT2D eigenvalue weighted by molar-refractivity contribution is 7.99. The molecule has 1 heterocycles. The fraction of sp³-hybridized carbons (Fsp3) is 0.238. The number of halogens is 2. The molecule has 10 heteroatoms. The summed E-state index contributed by atoms with van der Waals surface area (Å²) in [6.07, 6.45) is 0.484. The summed E-state index contributed by atoms with van der Waals surface area (Å²) in [6, 6.07) is 10.9. The third kappa shape index (κ3) is 6.28. The summed E-state index contributed by atoms with van der Waals surface area (Å²) in [4.78, 5) is 24.3. The molecule has 162 valence electrons. The second-order valence-corrected chi connectivity index (χ2v) is 8.15. The number of nitrogens with one attached hydrogen (secondary N) is 2. The van der Waals surface area contributed by atoms with Gasteiger partial charge in [0.25, 0.3) is 5.91 Å². The minimum absolute atomic E-state index is 0.106. The molecule has 0 atom stereocenters. The predicted molar refractivity (Wildman–Crippen MR) is 119 cm³/mol. The van der Waals surface area contributed by atoms with Crippen LogP contribution in [0.3, 0.4) is 0 Å². The van der Waals surface area contributed by atoms with Crippen molar-refractivity contribution in [1.82, 2.24) is 20.1 Å². The number of rotatable bonds is 8. The minimum Gasteiger partial charge on any atom is -0.352 e. The van der Waals surface area contributed by atoms with Gasteiger partial charge in [-0.25, -0.2) is 4.39 Å². The lowest BCUT2D eigenvalue weighted by Crippen LogP contribution is -2.26. The van der Waals surface area contributed by atoms with Gasteiger partial charge in [-0.15, -0.1) is 10.2 Å². The van der Waals surface area contributed by atoms with Crippen LogP contribution in [0.25, 0.3) is 0 Å². The summed E-state index contributed by atoms with van der Waals surface area (Å²) >= 11 is 7.05. The van der Waals surface area contributed by atoms with E-state index in [1.54, 1.807) is 48.9 Å². The number of carbonyl (C=O) groups excluding carboxylic acids is 2. The predicted octanol–water partition coefficient (Wildman–Crippen LogP) is 3.62. The summed E-state index contributed by atoms with van der Waals surface area (Å²) in [6.45, 7) is 2.18. The van der Waals surface area contributed by atoms with Gasteiger partial charge in [0.2, 0.25) is 5.91 Å². The van der Waals surface area contributed by atoms with Gasteiger partial charge < -0.3 is 15.2 Å². The maximum Gasteiger partial charge on any atom is 0.251 e. The Morgan fingerprint density at radius 1 is 1.16 bits per heavy atom. The second kappa shape index (κ2) is 10.4. The van der Waals surface area contributed by atoms with Crippen molar-refractivity contribution in [1.29, 1.82) is 0 Å². The number of hydrogen-bond donors (Lipinski definition) is 2. The number of nitrogens with zero attached hydrogens (tertiary/aromatic N) is 3. The van der Waals surface area contributed by atoms with Crippen LogP contribution in [0.4, 0.5) is 10.1 Å². The fourth-order valence-corrected chi connectivity index (χ4v) is 3.58. The van der Waals surface area contributed by atoms with Gasteiger partial charge in [-0.2, -0.15) is 0 Å². The molecule has 0 aliphatic heterocycles. The molecule has 0 bridgehead atoms. The highest BCUT2D eigenvalue weighted by Crippen LogP contribution is 2.19. The van der Waals surface area contributed by atoms with Crippen LogP contribution in [0.2, 0.25) is 5.02 Å². The largest absolute Gasteiger partial charge is 0.352 e. The Balaban J connectivity index is 1.48. The summed E-state index contributed by atoms with van der Waals surface area (Å²) in [5, 5.41) is 14.9. The van der Waals surface area contributed by atoms with Crippen molar-refractivity contribution in [3.63, 3.8) is 0 Å². The van der Waals surface area contributed by atoms with E-state index in [0.717, 1.165) is 5.56 Å². The Hall–Kier alpha value is -2.91. The number of thioether (sulfide) groups is 1. The number of benzene rings is 2. The summed E-state index contributed by atoms with van der Waals surface area (Å²) < 4.78 is 15.1. The van der Waals surface area contributed by atoms with Gasteiger partial charge in [0.15, 0.2) is 5.16 Å². The molecule has 2 N–H and O–H groups in total. The van der Waals surface area contributed by atoms with Gasteiger partial charge >= 0.3 is 0 Å². The number of aromatic nitrogens is 3. The number of carbonyl (C=O) groups is 2. The third-order valence-electron chi connectivity index (χ3n) is 4.47. The zero-order valence-electron chi connectivity index (χ0n) is 17.0. The van der Waals surface area contributed by atoms with Gasteiger partial charge in [0.1, 0.15) is 11.6 Å². The Kier molecular flexibility index (Phi) is 7.64. The topological polar surface area (TPSA) is 88.9 Å². The SMILES string of the molecule is Cc1ccc(F)cc1NC(=O)CSc1nnc(CCNC(=O)c2ccc(Cl)cc2)n1C. The van der Waals surface area contributed by atoms with Crippen LogP contribution in [-0.2, 0) is 18.3 Å². The lowest BCUT2D eigenvalue weighted by atomic mass is 10.2. The fourth-order valence-electron chi connectivity index (χ4n) is 2.72. The number of aryl methyl sites for hydroxylation is 1. The summed E-state index contributed by atoms with van der Waals surface area (Å²) in [5.41, 5.74) is 1.75. The van der Waals surface area contributed by atoms with E-state index in [9.17, 15) is 14.0 Å². The Bertz CT molecular complexity index is 1090. The molecule has 0 radical (unpaired) electrons. The molecular formula is C21H21ClFN5O2S. The molecule has 0 aliphatic rings. The molecule has 7 nitrogen and oxygen atoms in total. The number of hydrogen-bond acceptors (Lipinski definition) is 5. The van der Waals surface area contributed by atoms with E-state index >= 15 is 0 Å². The van der Waals surface area contributed by atoms with Gasteiger partial charge in [-0.3, -0.25) is 9.59 Å². The van der Waals surface area contributed by atoms with Crippen molar-refractivity contribution >= 4 is 40.9 Å². The van der Waals surface area contributed by atoms with Crippen molar-refractivity contribution in [2.45, 2.75) is 18.5 Å². The third-order valence-corrected chi connectivity index (χ3v) is 5.74. The van der Waals surface area contributed by atoms with Crippen LogP contribution in [0.1, 0.15) is 21.7 Å². The molecule has 2 amide bonds. The van der Waals surface area contributed by atoms with Crippen molar-refractivity contribution < 1.29 is 14.0 Å². The van der Waals surface area contributed by atoms with Crippen LogP contribution < -0.4 is 10.6 Å². The molecule has 0 fully saturated rings. The minimum atomic E-state index is -0.408. The molecule has 0 aliphatic carbocycles. The van der Waals surface area contributed by atoms with Crippen molar-refractivity contribution in [2.75, 3.05) is 17.6 Å². The van der Waals surface area contributed by atoms with Gasteiger partial charge in [-0.05, 0) is 48.9 Å². The lowest BCUT2D eigenvalue weighted by molar-refractivity contribution is -0.113. The molecule has 0 saturated carbocycles. The van der Waals surface area contributed by atoms with Crippen LogP contribution in [0.5, 0.6) is 0 Å². The highest BCUT2D eigenvalue weighted by Gasteiger charge is 2.13. The lowest BCUT2D eigenvalue weighted by Gasteiger charge is -2.08.